The second-order valence-corrected chi connectivity index (χ2v) is 3.66. The van der Waals surface area contributed by atoms with E-state index in [0.717, 1.165) is 12.2 Å². The van der Waals surface area contributed by atoms with Gasteiger partial charge in [-0.05, 0) is 0 Å². The Morgan fingerprint density at radius 2 is 1.89 bits per heavy atom. The lowest BCUT2D eigenvalue weighted by atomic mass is 10.3. The van der Waals surface area contributed by atoms with Gasteiger partial charge in [-0.1, -0.05) is 0 Å². The summed E-state index contributed by atoms with van der Waals surface area (Å²) in [5.41, 5.74) is 0. The highest BCUT2D eigenvalue weighted by Gasteiger charge is 2.27. The number of aldehydes is 1. The fourth-order valence-corrected chi connectivity index (χ4v) is 1.29. The Morgan fingerprint density at radius 3 is 2.42 bits per heavy atom. The summed E-state index contributed by atoms with van der Waals surface area (Å²) < 4.78 is 0. The molecule has 1 rings (SSSR count). The van der Waals surface area contributed by atoms with Crippen molar-refractivity contribution in [1.82, 2.24) is 9.96 Å². The van der Waals surface area contributed by atoms with Crippen molar-refractivity contribution < 1.29 is 28.8 Å². The summed E-state index contributed by atoms with van der Waals surface area (Å²) in [4.78, 5) is 60.5. The first kappa shape index (κ1) is 14.6. The summed E-state index contributed by atoms with van der Waals surface area (Å²) in [7, 11) is 1.21. The van der Waals surface area contributed by atoms with Crippen LogP contribution in [0.25, 0.3) is 0 Å². The summed E-state index contributed by atoms with van der Waals surface area (Å²) >= 11 is 0. The molecule has 102 valence electrons. The van der Waals surface area contributed by atoms with Gasteiger partial charge in [-0.15, -0.1) is 0 Å². The number of nitrogens with zero attached hydrogens (tertiary/aromatic N) is 2. The summed E-state index contributed by atoms with van der Waals surface area (Å²) in [6.07, 6.45) is 2.58. The lowest BCUT2D eigenvalue weighted by Crippen LogP contribution is -2.39. The van der Waals surface area contributed by atoms with Crippen LogP contribution in [-0.4, -0.2) is 53.5 Å². The minimum absolute atomic E-state index is 0.0216. The average Bonchev–Trinajstić information content (AvgIpc) is 2.67. The van der Waals surface area contributed by atoms with E-state index in [-0.39, 0.29) is 12.8 Å². The van der Waals surface area contributed by atoms with E-state index in [9.17, 15) is 24.0 Å². The topological polar surface area (TPSA) is 101 Å². The van der Waals surface area contributed by atoms with Crippen LogP contribution >= 0.6 is 0 Å². The van der Waals surface area contributed by atoms with Gasteiger partial charge < -0.3 is 9.63 Å². The number of rotatable bonds is 5. The van der Waals surface area contributed by atoms with E-state index in [0.29, 0.717) is 16.2 Å². The van der Waals surface area contributed by atoms with Crippen LogP contribution in [0, 0.1) is 0 Å². The molecule has 3 amide bonds. The number of imide groups is 1. The minimum Gasteiger partial charge on any atom is -0.336 e. The number of hydrogen-bond acceptors (Lipinski definition) is 6. The predicted molar refractivity (Wildman–Crippen MR) is 60.0 cm³/mol. The van der Waals surface area contributed by atoms with Gasteiger partial charge in [0.25, 0.3) is 17.7 Å². The molecule has 0 N–H and O–H groups in total. The number of carbonyl (C=O) groups excluding carboxylic acids is 5. The van der Waals surface area contributed by atoms with Crippen LogP contribution in [0.2, 0.25) is 0 Å². The Labute approximate surface area is 108 Å². The van der Waals surface area contributed by atoms with Crippen molar-refractivity contribution in [2.24, 2.45) is 0 Å². The Balaban J connectivity index is 2.43. The molecule has 1 aliphatic heterocycles. The van der Waals surface area contributed by atoms with E-state index in [4.69, 9.17) is 0 Å². The van der Waals surface area contributed by atoms with Gasteiger partial charge in [-0.2, -0.15) is 5.06 Å². The standard InChI is InChI=1S/C11H12N2O6/c1-12(8(15)3-2-6-14)19-11(18)7-13-9(16)4-5-10(13)17/h4-6H,2-3,7H2,1H3. The Kier molecular flexibility index (Phi) is 4.92. The third kappa shape index (κ3) is 4.02. The zero-order chi connectivity index (χ0) is 14.4. The average molecular weight is 268 g/mol. The van der Waals surface area contributed by atoms with E-state index in [1.54, 1.807) is 0 Å². The van der Waals surface area contributed by atoms with Crippen molar-refractivity contribution >= 4 is 30.0 Å². The summed E-state index contributed by atoms with van der Waals surface area (Å²) in [6.45, 7) is -0.573. The monoisotopic (exact) mass is 268 g/mol. The highest BCUT2D eigenvalue weighted by Crippen LogP contribution is 2.04. The van der Waals surface area contributed by atoms with Gasteiger partial charge in [0.15, 0.2) is 0 Å². The van der Waals surface area contributed by atoms with Gasteiger partial charge in [0, 0.05) is 32.0 Å². The molecule has 0 saturated carbocycles. The summed E-state index contributed by atoms with van der Waals surface area (Å²) in [5.74, 6) is -2.71. The molecule has 0 aromatic carbocycles. The van der Waals surface area contributed by atoms with E-state index in [1.807, 2.05) is 0 Å². The van der Waals surface area contributed by atoms with Gasteiger partial charge in [-0.25, -0.2) is 4.79 Å². The molecule has 0 fully saturated rings. The molecule has 19 heavy (non-hydrogen) atoms. The van der Waals surface area contributed by atoms with Gasteiger partial charge >= 0.3 is 5.97 Å². The molecule has 0 radical (unpaired) electrons. The first-order valence-electron chi connectivity index (χ1n) is 5.40. The van der Waals surface area contributed by atoms with E-state index in [2.05, 4.69) is 4.84 Å². The molecule has 0 atom stereocenters. The maximum absolute atomic E-state index is 11.4. The molecule has 0 aliphatic carbocycles. The molecule has 0 spiro atoms. The number of carbonyl (C=O) groups is 5. The minimum atomic E-state index is -0.924. The van der Waals surface area contributed by atoms with Crippen molar-refractivity contribution in [1.29, 1.82) is 0 Å². The van der Waals surface area contributed by atoms with Crippen molar-refractivity contribution in [2.75, 3.05) is 13.6 Å². The van der Waals surface area contributed by atoms with Gasteiger partial charge in [0.2, 0.25) is 0 Å². The van der Waals surface area contributed by atoms with Gasteiger partial charge in [0.1, 0.15) is 12.8 Å². The molecule has 0 bridgehead atoms. The van der Waals surface area contributed by atoms with Crippen molar-refractivity contribution in [3.8, 4) is 0 Å². The maximum Gasteiger partial charge on any atom is 0.352 e. The predicted octanol–water partition coefficient (Wildman–Crippen LogP) is -1.19. The molecule has 8 heteroatoms. The third-order valence-corrected chi connectivity index (χ3v) is 2.25. The molecular weight excluding hydrogens is 256 g/mol. The number of hydrogen-bond donors (Lipinski definition) is 0. The fraction of sp³-hybridized carbons (Fsp3) is 0.364. The molecule has 1 aliphatic rings. The van der Waals surface area contributed by atoms with Gasteiger partial charge in [0.05, 0.1) is 0 Å². The Bertz CT molecular complexity index is 438. The van der Waals surface area contributed by atoms with Crippen LogP contribution in [0.15, 0.2) is 12.2 Å². The third-order valence-electron chi connectivity index (χ3n) is 2.25. The van der Waals surface area contributed by atoms with E-state index in [1.165, 1.54) is 7.05 Å². The van der Waals surface area contributed by atoms with Crippen LogP contribution in [0.4, 0.5) is 0 Å². The quantitative estimate of drug-likeness (QED) is 0.353. The maximum atomic E-state index is 11.4. The second kappa shape index (κ2) is 6.43. The largest absolute Gasteiger partial charge is 0.352 e. The lowest BCUT2D eigenvalue weighted by molar-refractivity contribution is -0.193. The molecular formula is C11H12N2O6. The van der Waals surface area contributed by atoms with Crippen LogP contribution in [-0.2, 0) is 28.8 Å². The normalized spacial score (nSPS) is 13.6. The van der Waals surface area contributed by atoms with Crippen LogP contribution in [0.3, 0.4) is 0 Å². The number of hydroxylamine groups is 2. The zero-order valence-corrected chi connectivity index (χ0v) is 10.2. The van der Waals surface area contributed by atoms with E-state index >= 15 is 0 Å². The molecule has 0 aromatic rings. The van der Waals surface area contributed by atoms with Crippen molar-refractivity contribution in [3.05, 3.63) is 12.2 Å². The molecule has 0 saturated heterocycles. The zero-order valence-electron chi connectivity index (χ0n) is 10.2. The Hall–Kier alpha value is -2.51. The van der Waals surface area contributed by atoms with Crippen molar-refractivity contribution in [3.63, 3.8) is 0 Å². The fourth-order valence-electron chi connectivity index (χ4n) is 1.29. The first-order chi connectivity index (χ1) is 8.95. The van der Waals surface area contributed by atoms with Crippen LogP contribution in [0.5, 0.6) is 0 Å². The lowest BCUT2D eigenvalue weighted by Gasteiger charge is -2.18. The summed E-state index contributed by atoms with van der Waals surface area (Å²) in [5, 5.41) is 0.671. The molecule has 0 aromatic heterocycles. The van der Waals surface area contributed by atoms with Crippen LogP contribution in [0.1, 0.15) is 12.8 Å². The highest BCUT2D eigenvalue weighted by atomic mass is 16.7. The van der Waals surface area contributed by atoms with Crippen molar-refractivity contribution in [2.45, 2.75) is 12.8 Å². The molecule has 8 nitrogen and oxygen atoms in total. The summed E-state index contributed by atoms with van der Waals surface area (Å²) in [6, 6.07) is 0. The highest BCUT2D eigenvalue weighted by molar-refractivity contribution is 6.14. The second-order valence-electron chi connectivity index (χ2n) is 3.66. The molecule has 1 heterocycles. The Morgan fingerprint density at radius 1 is 1.32 bits per heavy atom. The smallest absolute Gasteiger partial charge is 0.336 e. The van der Waals surface area contributed by atoms with Crippen LogP contribution < -0.4 is 0 Å². The SMILES string of the molecule is CN(OC(=O)CN1C(=O)C=CC1=O)C(=O)CCC=O. The molecule has 0 unspecified atom stereocenters. The first-order valence-corrected chi connectivity index (χ1v) is 5.40. The van der Waals surface area contributed by atoms with Gasteiger partial charge in [-0.3, -0.25) is 19.3 Å². The number of amides is 3. The van der Waals surface area contributed by atoms with E-state index < -0.39 is 30.2 Å².